The number of nitrogens with one attached hydrogen (secondary N) is 1. The third-order valence-corrected chi connectivity index (χ3v) is 2.65. The van der Waals surface area contributed by atoms with Crippen LogP contribution in [-0.4, -0.2) is 30.2 Å². The second-order valence-corrected chi connectivity index (χ2v) is 4.69. The first-order chi connectivity index (χ1) is 9.50. The van der Waals surface area contributed by atoms with Crippen LogP contribution in [0.2, 0.25) is 0 Å². The van der Waals surface area contributed by atoms with E-state index in [0.717, 1.165) is 0 Å². The number of halogens is 1. The van der Waals surface area contributed by atoms with Crippen molar-refractivity contribution >= 4 is 29.3 Å². The van der Waals surface area contributed by atoms with E-state index in [4.69, 9.17) is 16.7 Å². The number of carbonyl (C=O) groups excluding carboxylic acids is 1. The Bertz CT molecular complexity index is 477. The van der Waals surface area contributed by atoms with Gasteiger partial charge in [0.2, 0.25) is 0 Å². The monoisotopic (exact) mass is 296 g/mol. The number of urea groups is 1. The van der Waals surface area contributed by atoms with E-state index in [0.29, 0.717) is 23.7 Å². The zero-order chi connectivity index (χ0) is 15.0. The molecule has 0 spiro atoms. The number of rotatable bonds is 7. The van der Waals surface area contributed by atoms with Gasteiger partial charge in [0.05, 0.1) is 6.54 Å². The fourth-order valence-electron chi connectivity index (χ4n) is 1.61. The summed E-state index contributed by atoms with van der Waals surface area (Å²) in [5.74, 6) is -0.882. The van der Waals surface area contributed by atoms with E-state index in [1.54, 1.807) is 12.1 Å². The summed E-state index contributed by atoms with van der Waals surface area (Å²) < 4.78 is 0. The second kappa shape index (κ2) is 8.22. The number of anilines is 1. The van der Waals surface area contributed by atoms with Gasteiger partial charge in [-0.15, -0.1) is 0 Å². The molecule has 6 heteroatoms. The summed E-state index contributed by atoms with van der Waals surface area (Å²) in [7, 11) is 0. The van der Waals surface area contributed by atoms with Gasteiger partial charge in [-0.05, 0) is 18.6 Å². The van der Waals surface area contributed by atoms with Crippen LogP contribution in [-0.2, 0) is 4.79 Å². The van der Waals surface area contributed by atoms with Crippen molar-refractivity contribution in [3.63, 3.8) is 0 Å². The second-order valence-electron chi connectivity index (χ2n) is 4.16. The van der Waals surface area contributed by atoms with Gasteiger partial charge in [-0.25, -0.2) is 4.79 Å². The number of amides is 2. The van der Waals surface area contributed by atoms with Crippen LogP contribution in [0.4, 0.5) is 10.5 Å². The highest BCUT2D eigenvalue weighted by molar-refractivity contribution is 6.29. The van der Waals surface area contributed by atoms with Crippen molar-refractivity contribution < 1.29 is 14.7 Å². The minimum atomic E-state index is -0.882. The summed E-state index contributed by atoms with van der Waals surface area (Å²) >= 11 is 5.61. The lowest BCUT2D eigenvalue weighted by Crippen LogP contribution is -2.41. The maximum Gasteiger partial charge on any atom is 0.322 e. The van der Waals surface area contributed by atoms with Crippen LogP contribution < -0.4 is 10.2 Å². The normalized spacial score (nSPS) is 9.85. The molecule has 20 heavy (non-hydrogen) atoms. The van der Waals surface area contributed by atoms with Crippen LogP contribution in [0.5, 0.6) is 0 Å². The molecule has 2 N–H and O–H groups in total. The third kappa shape index (κ3) is 5.75. The van der Waals surface area contributed by atoms with E-state index in [1.165, 1.54) is 4.90 Å². The molecule has 0 radical (unpaired) electrons. The number of carboxylic acids is 1. The van der Waals surface area contributed by atoms with Crippen molar-refractivity contribution in [2.75, 3.05) is 18.0 Å². The molecule has 0 aromatic heterocycles. The van der Waals surface area contributed by atoms with Crippen LogP contribution in [0.3, 0.4) is 0 Å². The summed E-state index contributed by atoms with van der Waals surface area (Å²) in [6.07, 6.45) is 0.387. The van der Waals surface area contributed by atoms with E-state index in [2.05, 4.69) is 11.9 Å². The maximum atomic E-state index is 12.1. The number of carbonyl (C=O) groups is 2. The molecule has 0 aliphatic carbocycles. The number of para-hydroxylation sites is 1. The standard InChI is InChI=1S/C14H17ClN2O3/c1-11(15)10-16-14(20)17(9-5-8-13(18)19)12-6-3-2-4-7-12/h2-4,6-7H,1,5,8-10H2,(H,16,20)(H,18,19). The topological polar surface area (TPSA) is 69.6 Å². The van der Waals surface area contributed by atoms with Gasteiger partial charge in [-0.3, -0.25) is 9.69 Å². The maximum absolute atomic E-state index is 12.1. The Hall–Kier alpha value is -2.01. The third-order valence-electron chi connectivity index (χ3n) is 2.52. The zero-order valence-electron chi connectivity index (χ0n) is 11.0. The highest BCUT2D eigenvalue weighted by Gasteiger charge is 2.15. The molecule has 2 amide bonds. The van der Waals surface area contributed by atoms with E-state index in [9.17, 15) is 9.59 Å². The molecule has 0 bridgehead atoms. The summed E-state index contributed by atoms with van der Waals surface area (Å²) in [6.45, 7) is 3.98. The Morgan fingerprint density at radius 1 is 1.30 bits per heavy atom. The lowest BCUT2D eigenvalue weighted by molar-refractivity contribution is -0.137. The first-order valence-electron chi connectivity index (χ1n) is 6.16. The average Bonchev–Trinajstić information content (AvgIpc) is 2.41. The summed E-state index contributed by atoms with van der Waals surface area (Å²) in [6, 6.07) is 8.72. The number of benzene rings is 1. The summed E-state index contributed by atoms with van der Waals surface area (Å²) in [4.78, 5) is 24.1. The quantitative estimate of drug-likeness (QED) is 0.813. The van der Waals surface area contributed by atoms with Crippen LogP contribution >= 0.6 is 11.6 Å². The highest BCUT2D eigenvalue weighted by atomic mass is 35.5. The molecule has 0 heterocycles. The Balaban J connectivity index is 2.71. The van der Waals surface area contributed by atoms with Crippen LogP contribution in [0.15, 0.2) is 41.9 Å². The Kier molecular flexibility index (Phi) is 6.59. The van der Waals surface area contributed by atoms with E-state index >= 15 is 0 Å². The largest absolute Gasteiger partial charge is 0.481 e. The molecule has 0 saturated carbocycles. The molecule has 0 unspecified atom stereocenters. The van der Waals surface area contributed by atoms with Gasteiger partial charge in [-0.1, -0.05) is 36.4 Å². The number of carboxylic acid groups (broad SMARTS) is 1. The van der Waals surface area contributed by atoms with Gasteiger partial charge in [0.25, 0.3) is 0 Å². The molecular formula is C14H17ClN2O3. The minimum absolute atomic E-state index is 0.0127. The van der Waals surface area contributed by atoms with Crippen molar-refractivity contribution in [3.8, 4) is 0 Å². The highest BCUT2D eigenvalue weighted by Crippen LogP contribution is 2.14. The molecule has 1 aromatic carbocycles. The van der Waals surface area contributed by atoms with Crippen molar-refractivity contribution in [2.24, 2.45) is 0 Å². The molecule has 108 valence electrons. The fraction of sp³-hybridized carbons (Fsp3) is 0.286. The number of nitrogens with zero attached hydrogens (tertiary/aromatic N) is 1. The Morgan fingerprint density at radius 3 is 2.50 bits per heavy atom. The predicted molar refractivity (Wildman–Crippen MR) is 79.0 cm³/mol. The van der Waals surface area contributed by atoms with E-state index in [-0.39, 0.29) is 19.0 Å². The van der Waals surface area contributed by atoms with Gasteiger partial charge in [0, 0.05) is 23.7 Å². The minimum Gasteiger partial charge on any atom is -0.481 e. The molecule has 5 nitrogen and oxygen atoms in total. The molecule has 1 aromatic rings. The molecular weight excluding hydrogens is 280 g/mol. The molecule has 1 rings (SSSR count). The van der Waals surface area contributed by atoms with Gasteiger partial charge in [-0.2, -0.15) is 0 Å². The lowest BCUT2D eigenvalue weighted by Gasteiger charge is -2.23. The zero-order valence-corrected chi connectivity index (χ0v) is 11.8. The smallest absolute Gasteiger partial charge is 0.322 e. The molecule has 0 fully saturated rings. The average molecular weight is 297 g/mol. The summed E-state index contributed by atoms with van der Waals surface area (Å²) in [5.41, 5.74) is 0.704. The van der Waals surface area contributed by atoms with E-state index in [1.807, 2.05) is 18.2 Å². The summed E-state index contributed by atoms with van der Waals surface area (Å²) in [5, 5.41) is 11.6. The molecule has 0 aliphatic rings. The van der Waals surface area contributed by atoms with Crippen LogP contribution in [0.1, 0.15) is 12.8 Å². The first-order valence-corrected chi connectivity index (χ1v) is 6.54. The van der Waals surface area contributed by atoms with Crippen molar-refractivity contribution in [1.29, 1.82) is 0 Å². The predicted octanol–water partition coefficient (Wildman–Crippen LogP) is 2.82. The first kappa shape index (κ1) is 16.0. The molecule has 0 atom stereocenters. The number of aliphatic carboxylic acids is 1. The van der Waals surface area contributed by atoms with Gasteiger partial charge in [0.15, 0.2) is 0 Å². The van der Waals surface area contributed by atoms with Crippen molar-refractivity contribution in [3.05, 3.63) is 41.9 Å². The number of hydrogen-bond acceptors (Lipinski definition) is 2. The van der Waals surface area contributed by atoms with Crippen LogP contribution in [0, 0.1) is 0 Å². The fourth-order valence-corrected chi connectivity index (χ4v) is 1.68. The van der Waals surface area contributed by atoms with E-state index < -0.39 is 5.97 Å². The lowest BCUT2D eigenvalue weighted by atomic mass is 10.2. The molecule has 0 aliphatic heterocycles. The van der Waals surface area contributed by atoms with Crippen molar-refractivity contribution in [2.45, 2.75) is 12.8 Å². The number of hydrogen-bond donors (Lipinski definition) is 2. The van der Waals surface area contributed by atoms with Gasteiger partial charge < -0.3 is 10.4 Å². The SMILES string of the molecule is C=C(Cl)CNC(=O)N(CCCC(=O)O)c1ccccc1. The Morgan fingerprint density at radius 2 is 1.95 bits per heavy atom. The van der Waals surface area contributed by atoms with Gasteiger partial charge in [0.1, 0.15) is 0 Å². The van der Waals surface area contributed by atoms with Crippen LogP contribution in [0.25, 0.3) is 0 Å². The van der Waals surface area contributed by atoms with Gasteiger partial charge >= 0.3 is 12.0 Å². The van der Waals surface area contributed by atoms with Crippen molar-refractivity contribution in [1.82, 2.24) is 5.32 Å². The molecule has 0 saturated heterocycles. The Labute approximate surface area is 122 Å².